The first-order chi connectivity index (χ1) is 12.1. The Hall–Kier alpha value is -2.83. The molecule has 0 aliphatic rings. The van der Waals surface area contributed by atoms with Gasteiger partial charge in [-0.15, -0.1) is 0 Å². The zero-order valence-corrected chi connectivity index (χ0v) is 15.1. The monoisotopic (exact) mass is 340 g/mol. The molecule has 3 heterocycles. The number of hydrogen-bond acceptors (Lipinski definition) is 4. The van der Waals surface area contributed by atoms with Crippen molar-refractivity contribution < 1.29 is 4.42 Å². The highest BCUT2D eigenvalue weighted by atomic mass is 16.4. The van der Waals surface area contributed by atoms with Crippen LogP contribution >= 0.6 is 0 Å². The van der Waals surface area contributed by atoms with Crippen LogP contribution in [-0.4, -0.2) is 33.9 Å². The zero-order chi connectivity index (χ0) is 17.8. The van der Waals surface area contributed by atoms with Crippen LogP contribution in [0.4, 0.5) is 0 Å². The van der Waals surface area contributed by atoms with Crippen LogP contribution in [0.5, 0.6) is 0 Å². The summed E-state index contributed by atoms with van der Waals surface area (Å²) in [5, 5.41) is 6.49. The molecule has 7 nitrogen and oxygen atoms in total. The van der Waals surface area contributed by atoms with Crippen molar-refractivity contribution in [1.82, 2.24) is 25.0 Å². The van der Waals surface area contributed by atoms with Crippen molar-refractivity contribution in [3.05, 3.63) is 53.1 Å². The van der Waals surface area contributed by atoms with Crippen molar-refractivity contribution in [2.45, 2.75) is 33.7 Å². The van der Waals surface area contributed by atoms with Crippen molar-refractivity contribution in [1.29, 1.82) is 0 Å². The molecule has 3 rings (SSSR count). The molecule has 3 aromatic rings. The number of hydrogen-bond donors (Lipinski definition) is 2. The maximum absolute atomic E-state index is 5.56. The van der Waals surface area contributed by atoms with Crippen molar-refractivity contribution >= 4 is 11.6 Å². The molecule has 0 amide bonds. The summed E-state index contributed by atoms with van der Waals surface area (Å²) in [4.78, 5) is 13.3. The van der Waals surface area contributed by atoms with Gasteiger partial charge in [-0.25, -0.2) is 9.97 Å². The molecule has 0 radical (unpaired) electrons. The number of imidazole rings is 1. The van der Waals surface area contributed by atoms with E-state index in [1.165, 1.54) is 5.56 Å². The number of aromatic nitrogens is 3. The van der Waals surface area contributed by atoms with E-state index in [-0.39, 0.29) is 0 Å². The summed E-state index contributed by atoms with van der Waals surface area (Å²) in [6.07, 6.45) is 4.91. The molecule has 0 saturated heterocycles. The first-order valence-corrected chi connectivity index (χ1v) is 8.37. The lowest BCUT2D eigenvalue weighted by atomic mass is 10.3. The van der Waals surface area contributed by atoms with Gasteiger partial charge in [-0.05, 0) is 32.4 Å². The van der Waals surface area contributed by atoms with E-state index in [0.717, 1.165) is 35.8 Å². The Morgan fingerprint density at radius 3 is 2.76 bits per heavy atom. The summed E-state index contributed by atoms with van der Waals surface area (Å²) in [6, 6.07) is 4.10. The SMILES string of the molecule is CN=C(NCCc1cn2cccc(C)c2n1)NCc1nc(C)c(C)o1. The number of oxazole rings is 1. The summed E-state index contributed by atoms with van der Waals surface area (Å²) in [5.74, 6) is 2.23. The Labute approximate surface area is 147 Å². The molecule has 0 aliphatic heterocycles. The molecule has 0 aromatic carbocycles. The normalized spacial score (nSPS) is 11.9. The van der Waals surface area contributed by atoms with Crippen molar-refractivity contribution in [2.75, 3.05) is 13.6 Å². The molecule has 7 heteroatoms. The number of nitrogens with one attached hydrogen (secondary N) is 2. The van der Waals surface area contributed by atoms with Crippen LogP contribution < -0.4 is 10.6 Å². The molecule has 25 heavy (non-hydrogen) atoms. The number of fused-ring (bicyclic) bond motifs is 1. The Bertz CT molecular complexity index is 873. The first-order valence-electron chi connectivity index (χ1n) is 8.37. The smallest absolute Gasteiger partial charge is 0.214 e. The summed E-state index contributed by atoms with van der Waals surface area (Å²) < 4.78 is 7.62. The largest absolute Gasteiger partial charge is 0.444 e. The maximum Gasteiger partial charge on any atom is 0.214 e. The van der Waals surface area contributed by atoms with Crippen LogP contribution in [-0.2, 0) is 13.0 Å². The molecule has 0 saturated carbocycles. The Balaban J connectivity index is 1.51. The molecule has 0 unspecified atom stereocenters. The number of rotatable bonds is 5. The second kappa shape index (κ2) is 7.38. The van der Waals surface area contributed by atoms with Gasteiger partial charge in [-0.1, -0.05) is 6.07 Å². The highest BCUT2D eigenvalue weighted by Crippen LogP contribution is 2.10. The third kappa shape index (κ3) is 3.99. The number of aliphatic imine (C=N–C) groups is 1. The minimum atomic E-state index is 0.502. The highest BCUT2D eigenvalue weighted by molar-refractivity contribution is 5.79. The van der Waals surface area contributed by atoms with Gasteiger partial charge in [0, 0.05) is 32.4 Å². The van der Waals surface area contributed by atoms with Gasteiger partial charge in [0.05, 0.1) is 17.9 Å². The van der Waals surface area contributed by atoms with Crippen LogP contribution in [0.15, 0.2) is 33.9 Å². The van der Waals surface area contributed by atoms with Gasteiger partial charge in [0.15, 0.2) is 5.96 Å². The third-order valence-electron chi connectivity index (χ3n) is 4.10. The van der Waals surface area contributed by atoms with E-state index < -0.39 is 0 Å². The van der Waals surface area contributed by atoms with E-state index in [1.54, 1.807) is 7.05 Å². The van der Waals surface area contributed by atoms with Crippen LogP contribution in [0, 0.1) is 20.8 Å². The second-order valence-electron chi connectivity index (χ2n) is 6.01. The van der Waals surface area contributed by atoms with Gasteiger partial charge in [0.2, 0.25) is 5.89 Å². The fourth-order valence-electron chi connectivity index (χ4n) is 2.63. The van der Waals surface area contributed by atoms with E-state index in [0.29, 0.717) is 18.4 Å². The lowest BCUT2D eigenvalue weighted by Crippen LogP contribution is -2.38. The Morgan fingerprint density at radius 1 is 1.24 bits per heavy atom. The predicted molar refractivity (Wildman–Crippen MR) is 97.8 cm³/mol. The van der Waals surface area contributed by atoms with E-state index in [9.17, 15) is 0 Å². The van der Waals surface area contributed by atoms with Crippen LogP contribution in [0.2, 0.25) is 0 Å². The number of nitrogens with zero attached hydrogens (tertiary/aromatic N) is 4. The van der Waals surface area contributed by atoms with Crippen LogP contribution in [0.25, 0.3) is 5.65 Å². The Kier molecular flexibility index (Phi) is 5.02. The molecule has 132 valence electrons. The van der Waals surface area contributed by atoms with E-state index in [1.807, 2.05) is 26.1 Å². The van der Waals surface area contributed by atoms with Crippen molar-refractivity contribution in [2.24, 2.45) is 4.99 Å². The van der Waals surface area contributed by atoms with E-state index in [2.05, 4.69) is 49.2 Å². The number of pyridine rings is 1. The molecule has 0 fully saturated rings. The van der Waals surface area contributed by atoms with Crippen molar-refractivity contribution in [3.63, 3.8) is 0 Å². The summed E-state index contributed by atoms with van der Waals surface area (Å²) in [7, 11) is 1.75. The average molecular weight is 340 g/mol. The van der Waals surface area contributed by atoms with Crippen LogP contribution in [0.3, 0.4) is 0 Å². The molecule has 0 aliphatic carbocycles. The number of guanidine groups is 1. The third-order valence-corrected chi connectivity index (χ3v) is 4.10. The highest BCUT2D eigenvalue weighted by Gasteiger charge is 2.07. The number of aryl methyl sites for hydroxylation is 3. The standard InChI is InChI=1S/C18H24N6O/c1-12-6-5-9-24-11-15(23-17(12)24)7-8-20-18(19-4)21-10-16-22-13(2)14(3)25-16/h5-6,9,11H,7-8,10H2,1-4H3,(H2,19,20,21). The zero-order valence-electron chi connectivity index (χ0n) is 15.1. The summed E-state index contributed by atoms with van der Waals surface area (Å²) >= 11 is 0. The van der Waals surface area contributed by atoms with Gasteiger partial charge in [-0.2, -0.15) is 0 Å². The fraction of sp³-hybridized carbons (Fsp3) is 0.389. The first kappa shape index (κ1) is 17.0. The van der Waals surface area contributed by atoms with E-state index in [4.69, 9.17) is 4.42 Å². The van der Waals surface area contributed by atoms with Gasteiger partial charge in [-0.3, -0.25) is 4.99 Å². The molecule has 0 spiro atoms. The topological polar surface area (TPSA) is 79.8 Å². The average Bonchev–Trinajstić information content (AvgIpc) is 3.15. The second-order valence-corrected chi connectivity index (χ2v) is 6.01. The minimum Gasteiger partial charge on any atom is -0.444 e. The quantitative estimate of drug-likeness (QED) is 0.549. The van der Waals surface area contributed by atoms with E-state index >= 15 is 0 Å². The lowest BCUT2D eigenvalue weighted by molar-refractivity contribution is 0.463. The predicted octanol–water partition coefficient (Wildman–Crippen LogP) is 2.16. The molecule has 2 N–H and O–H groups in total. The summed E-state index contributed by atoms with van der Waals surface area (Å²) in [5.41, 5.74) is 4.16. The van der Waals surface area contributed by atoms with Gasteiger partial charge in [0.25, 0.3) is 0 Å². The molecule has 0 atom stereocenters. The molecular formula is C18H24N6O. The lowest BCUT2D eigenvalue weighted by Gasteiger charge is -2.09. The van der Waals surface area contributed by atoms with Gasteiger partial charge in [0.1, 0.15) is 11.4 Å². The molecule has 0 bridgehead atoms. The van der Waals surface area contributed by atoms with Crippen molar-refractivity contribution in [3.8, 4) is 0 Å². The minimum absolute atomic E-state index is 0.502. The molecule has 3 aromatic heterocycles. The van der Waals surface area contributed by atoms with Crippen LogP contribution in [0.1, 0.15) is 28.6 Å². The van der Waals surface area contributed by atoms with Gasteiger partial charge >= 0.3 is 0 Å². The Morgan fingerprint density at radius 2 is 2.08 bits per heavy atom. The summed E-state index contributed by atoms with van der Waals surface area (Å²) in [6.45, 7) is 7.16. The van der Waals surface area contributed by atoms with Gasteiger partial charge < -0.3 is 19.5 Å². The maximum atomic E-state index is 5.56. The fourth-order valence-corrected chi connectivity index (χ4v) is 2.63. The molecular weight excluding hydrogens is 316 g/mol.